The summed E-state index contributed by atoms with van der Waals surface area (Å²) in [7, 11) is 0. The molecule has 0 amide bonds. The number of rotatable bonds is 2. The van der Waals surface area contributed by atoms with Gasteiger partial charge in [0.15, 0.2) is 0 Å². The number of carboxylic acids is 1. The SMILES string of the molecule is CC(C)C.O=C(O)Cn1cnc2ccccc2c1=O. The summed E-state index contributed by atoms with van der Waals surface area (Å²) in [6, 6.07) is 6.83. The minimum absolute atomic E-state index is 0.331. The summed E-state index contributed by atoms with van der Waals surface area (Å²) in [6.45, 7) is 6.14. The van der Waals surface area contributed by atoms with Gasteiger partial charge in [0.25, 0.3) is 5.56 Å². The maximum atomic E-state index is 11.7. The standard InChI is InChI=1S/C10H8N2O3.C4H10/c13-9(14)5-12-6-11-8-4-2-1-3-7(8)10(12)15;1-4(2)3/h1-4,6H,5H2,(H,13,14);4H,1-3H3. The number of nitrogens with zero attached hydrogens (tertiary/aromatic N) is 2. The van der Waals surface area contributed by atoms with Crippen LogP contribution in [0.5, 0.6) is 0 Å². The first-order chi connectivity index (χ1) is 8.91. The lowest BCUT2D eigenvalue weighted by molar-refractivity contribution is -0.137. The summed E-state index contributed by atoms with van der Waals surface area (Å²) < 4.78 is 1.07. The third-order valence-electron chi connectivity index (χ3n) is 2.04. The molecule has 0 bridgehead atoms. The summed E-state index contributed by atoms with van der Waals surface area (Å²) in [5.41, 5.74) is 0.243. The number of carboxylic acid groups (broad SMARTS) is 1. The summed E-state index contributed by atoms with van der Waals surface area (Å²) >= 11 is 0. The molecular formula is C14H18N2O3. The van der Waals surface area contributed by atoms with Crippen LogP contribution >= 0.6 is 0 Å². The van der Waals surface area contributed by atoms with E-state index in [2.05, 4.69) is 25.8 Å². The second-order valence-corrected chi connectivity index (χ2v) is 4.82. The molecule has 2 rings (SSSR count). The Labute approximate surface area is 111 Å². The smallest absolute Gasteiger partial charge is 0.323 e. The summed E-state index contributed by atoms with van der Waals surface area (Å²) in [6.07, 6.45) is 1.25. The number of hydrogen-bond donors (Lipinski definition) is 1. The molecular weight excluding hydrogens is 244 g/mol. The molecule has 5 nitrogen and oxygen atoms in total. The molecule has 1 aromatic heterocycles. The Kier molecular flexibility index (Phi) is 5.23. The van der Waals surface area contributed by atoms with Gasteiger partial charge in [-0.2, -0.15) is 0 Å². The highest BCUT2D eigenvalue weighted by Gasteiger charge is 2.05. The first kappa shape index (κ1) is 14.9. The van der Waals surface area contributed by atoms with Gasteiger partial charge in [0.2, 0.25) is 0 Å². The zero-order valence-corrected chi connectivity index (χ0v) is 11.3. The van der Waals surface area contributed by atoms with Crippen LogP contribution in [-0.4, -0.2) is 20.6 Å². The van der Waals surface area contributed by atoms with Gasteiger partial charge in [-0.3, -0.25) is 14.2 Å². The minimum atomic E-state index is -1.06. The molecule has 1 heterocycles. The number of benzene rings is 1. The molecule has 0 aliphatic carbocycles. The Morgan fingerprint density at radius 1 is 1.32 bits per heavy atom. The highest BCUT2D eigenvalue weighted by Crippen LogP contribution is 2.04. The van der Waals surface area contributed by atoms with Crippen molar-refractivity contribution in [1.82, 2.24) is 9.55 Å². The Morgan fingerprint density at radius 3 is 2.47 bits per heavy atom. The molecule has 102 valence electrons. The van der Waals surface area contributed by atoms with Crippen LogP contribution in [0.1, 0.15) is 20.8 Å². The molecule has 0 atom stereocenters. The fourth-order valence-corrected chi connectivity index (χ4v) is 1.36. The zero-order chi connectivity index (χ0) is 14.4. The normalized spacial score (nSPS) is 10.1. The van der Waals surface area contributed by atoms with Gasteiger partial charge in [-0.15, -0.1) is 0 Å². The van der Waals surface area contributed by atoms with Crippen LogP contribution in [0, 0.1) is 5.92 Å². The van der Waals surface area contributed by atoms with Crippen LogP contribution in [0.3, 0.4) is 0 Å². The van der Waals surface area contributed by atoms with Gasteiger partial charge in [-0.25, -0.2) is 4.98 Å². The van der Waals surface area contributed by atoms with E-state index in [1.807, 2.05) is 0 Å². The molecule has 0 aliphatic heterocycles. The number of hydrogen-bond acceptors (Lipinski definition) is 3. The summed E-state index contributed by atoms with van der Waals surface area (Å²) in [4.78, 5) is 26.2. The maximum absolute atomic E-state index is 11.7. The van der Waals surface area contributed by atoms with Crippen molar-refractivity contribution in [1.29, 1.82) is 0 Å². The fourth-order valence-electron chi connectivity index (χ4n) is 1.36. The number of para-hydroxylation sites is 1. The van der Waals surface area contributed by atoms with Gasteiger partial charge in [0.1, 0.15) is 6.54 Å². The Morgan fingerprint density at radius 2 is 1.89 bits per heavy atom. The first-order valence-corrected chi connectivity index (χ1v) is 6.07. The number of fused-ring (bicyclic) bond motifs is 1. The van der Waals surface area contributed by atoms with Crippen molar-refractivity contribution in [2.45, 2.75) is 27.3 Å². The van der Waals surface area contributed by atoms with Crippen LogP contribution in [0.15, 0.2) is 35.4 Å². The predicted molar refractivity (Wildman–Crippen MR) is 74.2 cm³/mol. The van der Waals surface area contributed by atoms with E-state index in [0.717, 1.165) is 10.5 Å². The highest BCUT2D eigenvalue weighted by molar-refractivity contribution is 5.77. The average molecular weight is 262 g/mol. The van der Waals surface area contributed by atoms with Crippen LogP contribution in [0.25, 0.3) is 10.9 Å². The van der Waals surface area contributed by atoms with E-state index in [0.29, 0.717) is 10.9 Å². The van der Waals surface area contributed by atoms with E-state index in [1.54, 1.807) is 24.3 Å². The first-order valence-electron chi connectivity index (χ1n) is 6.07. The lowest BCUT2D eigenvalue weighted by Crippen LogP contribution is -2.24. The van der Waals surface area contributed by atoms with E-state index in [-0.39, 0.29) is 12.1 Å². The molecule has 0 radical (unpaired) electrons. The molecule has 0 aliphatic rings. The predicted octanol–water partition coefficient (Wildman–Crippen LogP) is 2.14. The van der Waals surface area contributed by atoms with Crippen molar-refractivity contribution in [2.75, 3.05) is 0 Å². The second-order valence-electron chi connectivity index (χ2n) is 4.82. The van der Waals surface area contributed by atoms with Crippen molar-refractivity contribution >= 4 is 16.9 Å². The summed E-state index contributed by atoms with van der Waals surface area (Å²) in [5, 5.41) is 9.01. The van der Waals surface area contributed by atoms with Crippen molar-refractivity contribution in [3.8, 4) is 0 Å². The number of aliphatic carboxylic acids is 1. The Hall–Kier alpha value is -2.17. The van der Waals surface area contributed by atoms with E-state index in [9.17, 15) is 9.59 Å². The molecule has 0 spiro atoms. The third-order valence-corrected chi connectivity index (χ3v) is 2.04. The Balaban J connectivity index is 0.000000399. The topological polar surface area (TPSA) is 72.2 Å². The lowest BCUT2D eigenvalue weighted by Gasteiger charge is -2.02. The van der Waals surface area contributed by atoms with Gasteiger partial charge in [0, 0.05) is 0 Å². The molecule has 19 heavy (non-hydrogen) atoms. The summed E-state index contributed by atoms with van der Waals surface area (Å²) in [5.74, 6) is -0.228. The van der Waals surface area contributed by atoms with Crippen molar-refractivity contribution in [2.24, 2.45) is 5.92 Å². The van der Waals surface area contributed by atoms with Gasteiger partial charge >= 0.3 is 5.97 Å². The Bertz CT molecular complexity index is 615. The van der Waals surface area contributed by atoms with Crippen LogP contribution in [0.2, 0.25) is 0 Å². The van der Waals surface area contributed by atoms with E-state index >= 15 is 0 Å². The van der Waals surface area contributed by atoms with E-state index in [1.165, 1.54) is 6.33 Å². The van der Waals surface area contributed by atoms with Crippen molar-refractivity contribution in [3.63, 3.8) is 0 Å². The van der Waals surface area contributed by atoms with Crippen molar-refractivity contribution in [3.05, 3.63) is 40.9 Å². The van der Waals surface area contributed by atoms with Gasteiger partial charge in [-0.05, 0) is 18.1 Å². The molecule has 5 heteroatoms. The van der Waals surface area contributed by atoms with E-state index in [4.69, 9.17) is 5.11 Å². The quantitative estimate of drug-likeness (QED) is 0.900. The molecule has 2 aromatic rings. The van der Waals surface area contributed by atoms with Crippen molar-refractivity contribution < 1.29 is 9.90 Å². The number of aromatic nitrogens is 2. The highest BCUT2D eigenvalue weighted by atomic mass is 16.4. The third kappa shape index (κ3) is 4.54. The number of carbonyl (C=O) groups is 1. The molecule has 0 fully saturated rings. The van der Waals surface area contributed by atoms with Gasteiger partial charge < -0.3 is 5.11 Å². The molecule has 0 saturated carbocycles. The van der Waals surface area contributed by atoms with Gasteiger partial charge in [-0.1, -0.05) is 32.9 Å². The molecule has 1 N–H and O–H groups in total. The van der Waals surface area contributed by atoms with Crippen LogP contribution < -0.4 is 5.56 Å². The van der Waals surface area contributed by atoms with E-state index < -0.39 is 5.97 Å². The minimum Gasteiger partial charge on any atom is -0.480 e. The van der Waals surface area contributed by atoms with Crippen LogP contribution in [0.4, 0.5) is 0 Å². The molecule has 0 saturated heterocycles. The average Bonchev–Trinajstić information content (AvgIpc) is 2.32. The maximum Gasteiger partial charge on any atom is 0.323 e. The van der Waals surface area contributed by atoms with Crippen LogP contribution in [-0.2, 0) is 11.3 Å². The second kappa shape index (κ2) is 6.68. The largest absolute Gasteiger partial charge is 0.480 e. The lowest BCUT2D eigenvalue weighted by atomic mass is 10.2. The zero-order valence-electron chi connectivity index (χ0n) is 11.3. The fraction of sp³-hybridized carbons (Fsp3) is 0.357. The van der Waals surface area contributed by atoms with Gasteiger partial charge in [0.05, 0.1) is 17.2 Å². The molecule has 1 aromatic carbocycles. The molecule has 0 unspecified atom stereocenters. The monoisotopic (exact) mass is 262 g/mol.